The number of hydrogen-bond donors (Lipinski definition) is 2. The second-order valence-corrected chi connectivity index (χ2v) is 10.1. The van der Waals surface area contributed by atoms with Gasteiger partial charge in [0.25, 0.3) is 0 Å². The van der Waals surface area contributed by atoms with E-state index in [1.807, 2.05) is 41.1 Å². The van der Waals surface area contributed by atoms with Crippen LogP contribution in [-0.2, 0) is 31.2 Å². The molecule has 3 N–H and O–H groups in total. The molecule has 3 heterocycles. The molecular weight excluding hydrogens is 516 g/mol. The third kappa shape index (κ3) is 6.36. The molecule has 0 fully saturated rings. The van der Waals surface area contributed by atoms with Crippen LogP contribution in [0, 0.1) is 0 Å². The Labute approximate surface area is 240 Å². The van der Waals surface area contributed by atoms with Gasteiger partial charge in [0.05, 0.1) is 30.2 Å². The van der Waals surface area contributed by atoms with E-state index >= 15 is 0 Å². The molecule has 1 aromatic carbocycles. The maximum Gasteiger partial charge on any atom is 0.228 e. The van der Waals surface area contributed by atoms with Crippen molar-refractivity contribution in [2.24, 2.45) is 17.8 Å². The Morgan fingerprint density at radius 1 is 1.17 bits per heavy atom. The van der Waals surface area contributed by atoms with E-state index in [-0.39, 0.29) is 0 Å². The molecule has 4 aromatic rings. The zero-order valence-corrected chi connectivity index (χ0v) is 24.2. The van der Waals surface area contributed by atoms with Gasteiger partial charge >= 0.3 is 0 Å². The fourth-order valence-corrected chi connectivity index (χ4v) is 4.96. The molecule has 11 heteroatoms. The standard InChI is InChI=1S/C30H38N10O/c1-5-40-14-12-26(37-40)34-30-33-20-23-10-11-25-27(28(23)35-30)29(39(3)36-25)22-8-6-21(7-9-22)24(18-31)19-32-13-15-38(2)16-17-41-4/h6-9,12,14,18-20H,5,10-11,13,15-17,31H2,1-4H3,(H,33,34,35,37)/b24-18+,32-19?. The third-order valence-electron chi connectivity index (χ3n) is 7.25. The predicted molar refractivity (Wildman–Crippen MR) is 163 cm³/mol. The van der Waals surface area contributed by atoms with Crippen molar-refractivity contribution >= 4 is 23.6 Å². The fourth-order valence-electron chi connectivity index (χ4n) is 4.96. The van der Waals surface area contributed by atoms with Crippen LogP contribution in [0.4, 0.5) is 11.8 Å². The lowest BCUT2D eigenvalue weighted by Gasteiger charge is -2.17. The zero-order chi connectivity index (χ0) is 28.8. The molecular formula is C30H38N10O. The Morgan fingerprint density at radius 3 is 2.73 bits per heavy atom. The van der Waals surface area contributed by atoms with Gasteiger partial charge in [0, 0.05) is 81.4 Å². The normalized spacial score (nSPS) is 13.1. The third-order valence-corrected chi connectivity index (χ3v) is 7.25. The van der Waals surface area contributed by atoms with Gasteiger partial charge < -0.3 is 20.7 Å². The number of likely N-dealkylation sites (N-methyl/N-ethyl adjacent to an activating group) is 1. The quantitative estimate of drug-likeness (QED) is 0.255. The molecule has 0 saturated heterocycles. The predicted octanol–water partition coefficient (Wildman–Crippen LogP) is 3.55. The van der Waals surface area contributed by atoms with Crippen LogP contribution in [0.3, 0.4) is 0 Å². The monoisotopic (exact) mass is 554 g/mol. The van der Waals surface area contributed by atoms with E-state index in [0.717, 1.165) is 83.2 Å². The Morgan fingerprint density at radius 2 is 2.00 bits per heavy atom. The molecule has 214 valence electrons. The lowest BCUT2D eigenvalue weighted by atomic mass is 9.91. The van der Waals surface area contributed by atoms with Gasteiger partial charge in [0.15, 0.2) is 5.82 Å². The van der Waals surface area contributed by atoms with Crippen LogP contribution in [0.15, 0.2) is 53.9 Å². The van der Waals surface area contributed by atoms with E-state index in [4.69, 9.17) is 20.6 Å². The van der Waals surface area contributed by atoms with E-state index in [2.05, 4.69) is 63.5 Å². The number of nitrogens with zero attached hydrogens (tertiary/aromatic N) is 8. The summed E-state index contributed by atoms with van der Waals surface area (Å²) in [5.41, 5.74) is 14.1. The van der Waals surface area contributed by atoms with Crippen molar-refractivity contribution in [3.63, 3.8) is 0 Å². The summed E-state index contributed by atoms with van der Waals surface area (Å²) in [4.78, 5) is 16.3. The molecule has 0 atom stereocenters. The van der Waals surface area contributed by atoms with Crippen LogP contribution < -0.4 is 11.1 Å². The summed E-state index contributed by atoms with van der Waals surface area (Å²) in [6.45, 7) is 5.99. The number of aliphatic imine (C=N–C) groups is 1. The number of fused-ring (bicyclic) bond motifs is 3. The highest BCUT2D eigenvalue weighted by Crippen LogP contribution is 2.39. The number of nitrogens with one attached hydrogen (secondary N) is 1. The number of hydrogen-bond acceptors (Lipinski definition) is 9. The molecule has 0 unspecified atom stereocenters. The van der Waals surface area contributed by atoms with Gasteiger partial charge in [0.2, 0.25) is 5.95 Å². The Balaban J connectivity index is 1.37. The fraction of sp³-hybridized carbons (Fsp3) is 0.367. The summed E-state index contributed by atoms with van der Waals surface area (Å²) in [6.07, 6.45) is 9.00. The number of nitrogens with two attached hydrogens (primary N) is 1. The van der Waals surface area contributed by atoms with E-state index in [1.165, 1.54) is 0 Å². The highest BCUT2D eigenvalue weighted by Gasteiger charge is 2.27. The summed E-state index contributed by atoms with van der Waals surface area (Å²) in [5, 5.41) is 12.6. The van der Waals surface area contributed by atoms with Crippen LogP contribution in [0.25, 0.3) is 28.1 Å². The van der Waals surface area contributed by atoms with E-state index in [1.54, 1.807) is 13.3 Å². The highest BCUT2D eigenvalue weighted by atomic mass is 16.5. The van der Waals surface area contributed by atoms with Crippen molar-refractivity contribution in [2.45, 2.75) is 26.3 Å². The average Bonchev–Trinajstić information content (AvgIpc) is 3.59. The number of allylic oxidation sites excluding steroid dienone is 1. The molecule has 0 spiro atoms. The SMILES string of the molecule is CCn1ccc(Nc2ncc3c(n2)-c2c(nn(C)c2-c2ccc(/C(C=NCCN(C)CCOC)=C/N)cc2)CC3)n1. The smallest absolute Gasteiger partial charge is 0.228 e. The summed E-state index contributed by atoms with van der Waals surface area (Å²) in [6, 6.07) is 10.3. The highest BCUT2D eigenvalue weighted by molar-refractivity contribution is 6.09. The van der Waals surface area contributed by atoms with Gasteiger partial charge in [0.1, 0.15) is 0 Å². The molecule has 0 bridgehead atoms. The summed E-state index contributed by atoms with van der Waals surface area (Å²) >= 11 is 0. The van der Waals surface area contributed by atoms with Gasteiger partial charge in [-0.15, -0.1) is 0 Å². The van der Waals surface area contributed by atoms with E-state index in [9.17, 15) is 0 Å². The van der Waals surface area contributed by atoms with Crippen LogP contribution in [0.1, 0.15) is 23.7 Å². The number of anilines is 2. The van der Waals surface area contributed by atoms with Gasteiger partial charge in [-0.05, 0) is 37.9 Å². The number of methoxy groups -OCH3 is 1. The average molecular weight is 555 g/mol. The first-order valence-corrected chi connectivity index (χ1v) is 13.9. The van der Waals surface area contributed by atoms with Crippen LogP contribution >= 0.6 is 0 Å². The van der Waals surface area contributed by atoms with Gasteiger partial charge in [-0.3, -0.25) is 14.4 Å². The summed E-state index contributed by atoms with van der Waals surface area (Å²) < 4.78 is 8.95. The Kier molecular flexibility index (Phi) is 8.85. The molecule has 0 saturated carbocycles. The first-order chi connectivity index (χ1) is 20.0. The first-order valence-electron chi connectivity index (χ1n) is 13.9. The minimum absolute atomic E-state index is 0.519. The summed E-state index contributed by atoms with van der Waals surface area (Å²) in [5.74, 6) is 1.24. The van der Waals surface area contributed by atoms with Crippen molar-refractivity contribution in [3.05, 3.63) is 65.7 Å². The Hall–Kier alpha value is -4.35. The van der Waals surface area contributed by atoms with Crippen LogP contribution in [0.5, 0.6) is 0 Å². The summed E-state index contributed by atoms with van der Waals surface area (Å²) in [7, 11) is 5.76. The number of aryl methyl sites for hydroxylation is 4. The number of aromatic nitrogens is 6. The van der Waals surface area contributed by atoms with Crippen LogP contribution in [-0.4, -0.2) is 81.0 Å². The van der Waals surface area contributed by atoms with E-state index in [0.29, 0.717) is 19.1 Å². The molecule has 1 aliphatic carbocycles. The Bertz CT molecular complexity index is 1530. The maximum atomic E-state index is 5.97. The minimum atomic E-state index is 0.519. The second-order valence-electron chi connectivity index (χ2n) is 10.1. The van der Waals surface area contributed by atoms with Gasteiger partial charge in [-0.1, -0.05) is 24.3 Å². The van der Waals surface area contributed by atoms with Crippen molar-refractivity contribution in [3.8, 4) is 22.5 Å². The van der Waals surface area contributed by atoms with Crippen LogP contribution in [0.2, 0.25) is 0 Å². The molecule has 5 rings (SSSR count). The molecule has 0 aliphatic heterocycles. The molecule has 3 aromatic heterocycles. The lowest BCUT2D eigenvalue weighted by Crippen LogP contribution is -2.25. The number of rotatable bonds is 12. The molecule has 41 heavy (non-hydrogen) atoms. The second kappa shape index (κ2) is 12.9. The van der Waals surface area contributed by atoms with Crippen molar-refractivity contribution < 1.29 is 4.74 Å². The number of benzene rings is 1. The van der Waals surface area contributed by atoms with Crippen molar-refractivity contribution in [1.29, 1.82) is 0 Å². The molecule has 0 amide bonds. The first kappa shape index (κ1) is 28.2. The van der Waals surface area contributed by atoms with E-state index < -0.39 is 0 Å². The minimum Gasteiger partial charge on any atom is -0.404 e. The van der Waals surface area contributed by atoms with Gasteiger partial charge in [-0.25, -0.2) is 9.97 Å². The molecule has 1 aliphatic rings. The largest absolute Gasteiger partial charge is 0.404 e. The molecule has 0 radical (unpaired) electrons. The van der Waals surface area contributed by atoms with Crippen molar-refractivity contribution in [2.75, 3.05) is 45.7 Å². The maximum absolute atomic E-state index is 5.97. The molecule has 11 nitrogen and oxygen atoms in total. The zero-order valence-electron chi connectivity index (χ0n) is 24.2. The number of ether oxygens (including phenoxy) is 1. The lowest BCUT2D eigenvalue weighted by molar-refractivity contribution is 0.163. The van der Waals surface area contributed by atoms with Gasteiger partial charge in [-0.2, -0.15) is 10.2 Å². The van der Waals surface area contributed by atoms with Crippen molar-refractivity contribution in [1.82, 2.24) is 34.4 Å². The topological polar surface area (TPSA) is 124 Å².